The molecule has 1 atom stereocenters. The number of nitrogens with zero attached hydrogens (tertiary/aromatic N) is 2. The van der Waals surface area contributed by atoms with Gasteiger partial charge in [0, 0.05) is 11.6 Å². The summed E-state index contributed by atoms with van der Waals surface area (Å²) < 4.78 is 7.63. The molecule has 0 saturated heterocycles. The summed E-state index contributed by atoms with van der Waals surface area (Å²) in [7, 11) is 0. The van der Waals surface area contributed by atoms with E-state index in [0.29, 0.717) is 23.4 Å². The van der Waals surface area contributed by atoms with Gasteiger partial charge in [-0.15, -0.1) is 0 Å². The Morgan fingerprint density at radius 2 is 1.94 bits per heavy atom. The Morgan fingerprint density at radius 3 is 2.70 bits per heavy atom. The number of unbranched alkanes of at least 4 members (excludes halogenated alkanes) is 3. The maximum atomic E-state index is 13.5. The molecule has 3 aromatic rings. The van der Waals surface area contributed by atoms with E-state index in [1.807, 2.05) is 18.2 Å². The Hall–Kier alpha value is -3.19. The van der Waals surface area contributed by atoms with E-state index >= 15 is 0 Å². The number of rotatable bonds is 6. The quantitative estimate of drug-likeness (QED) is 0.211. The number of aromatic nitrogens is 2. The molecule has 7 nitrogen and oxygen atoms in total. The predicted octanol–water partition coefficient (Wildman–Crippen LogP) is 3.44. The van der Waals surface area contributed by atoms with Crippen LogP contribution < -0.4 is 10.3 Å². The Bertz CT molecular complexity index is 1340. The van der Waals surface area contributed by atoms with Gasteiger partial charge in [-0.3, -0.25) is 9.36 Å². The maximum absolute atomic E-state index is 13.5. The molecule has 1 aromatic carbocycles. The Balaban J connectivity index is 1.75. The number of aliphatic hydroxyl groups is 1. The molecule has 5 rings (SSSR count). The molecule has 0 spiro atoms. The monoisotopic (exact) mass is 448 g/mol. The van der Waals surface area contributed by atoms with Gasteiger partial charge in [0.25, 0.3) is 5.56 Å². The number of carbonyl (C=O) groups excluding carboxylic acids is 1. The number of cyclic esters (lactones) is 1. The van der Waals surface area contributed by atoms with E-state index in [1.54, 1.807) is 23.6 Å². The third-order valence-corrected chi connectivity index (χ3v) is 7.18. The average Bonchev–Trinajstić information content (AvgIpc) is 3.21. The molecule has 0 fully saturated rings. The Kier molecular flexibility index (Phi) is 5.24. The van der Waals surface area contributed by atoms with Crippen molar-refractivity contribution in [1.29, 1.82) is 0 Å². The molecule has 0 aliphatic carbocycles. The zero-order chi connectivity index (χ0) is 23.3. The Morgan fingerprint density at radius 1 is 1.15 bits per heavy atom. The van der Waals surface area contributed by atoms with Gasteiger partial charge in [0.1, 0.15) is 12.3 Å². The van der Waals surface area contributed by atoms with Crippen LogP contribution in [0.1, 0.15) is 68.2 Å². The van der Waals surface area contributed by atoms with Gasteiger partial charge in [-0.25, -0.2) is 4.79 Å². The lowest BCUT2D eigenvalue weighted by molar-refractivity contribution is -0.565. The van der Waals surface area contributed by atoms with E-state index in [9.17, 15) is 19.9 Å². The minimum atomic E-state index is -1.89. The Labute approximate surface area is 191 Å². The van der Waals surface area contributed by atoms with Crippen LogP contribution in [0.3, 0.4) is 0 Å². The SMILES string of the molecule is CCCCCCc1c2c([n+]([O-])c3ccccc13)-c1cc3c(c(=O)n1C2)COC(=O)[C@]3(O)CC. The van der Waals surface area contributed by atoms with Crippen molar-refractivity contribution >= 4 is 16.9 Å². The first-order valence-electron chi connectivity index (χ1n) is 11.8. The molecule has 33 heavy (non-hydrogen) atoms. The molecule has 1 N–H and O–H groups in total. The summed E-state index contributed by atoms with van der Waals surface area (Å²) in [5.41, 5.74) is 1.73. The molecule has 0 unspecified atom stereocenters. The first-order valence-corrected chi connectivity index (χ1v) is 11.8. The first kappa shape index (κ1) is 21.6. The van der Waals surface area contributed by atoms with Crippen LogP contribution in [0.5, 0.6) is 0 Å². The lowest BCUT2D eigenvalue weighted by atomic mass is 9.86. The molecule has 2 aliphatic heterocycles. The molecule has 172 valence electrons. The van der Waals surface area contributed by atoms with Gasteiger partial charge in [-0.1, -0.05) is 45.2 Å². The first-order chi connectivity index (χ1) is 15.9. The zero-order valence-corrected chi connectivity index (χ0v) is 19.0. The number of aryl methyl sites for hydroxylation is 1. The van der Waals surface area contributed by atoms with E-state index < -0.39 is 11.6 Å². The second-order valence-electron chi connectivity index (χ2n) is 9.03. The highest BCUT2D eigenvalue weighted by molar-refractivity contribution is 5.86. The fourth-order valence-corrected chi connectivity index (χ4v) is 5.31. The van der Waals surface area contributed by atoms with Gasteiger partial charge in [-0.2, -0.15) is 4.73 Å². The second-order valence-corrected chi connectivity index (χ2v) is 9.03. The van der Waals surface area contributed by atoms with Crippen LogP contribution in [0, 0.1) is 5.21 Å². The highest BCUT2D eigenvalue weighted by Crippen LogP contribution is 2.39. The van der Waals surface area contributed by atoms with E-state index in [1.165, 1.54) is 0 Å². The van der Waals surface area contributed by atoms with Crippen molar-refractivity contribution in [3.05, 3.63) is 68.1 Å². The molecule has 7 heteroatoms. The second kappa shape index (κ2) is 7.99. The molecule has 0 saturated carbocycles. The van der Waals surface area contributed by atoms with Crippen LogP contribution in [0.2, 0.25) is 0 Å². The van der Waals surface area contributed by atoms with Crippen LogP contribution in [0.25, 0.3) is 22.3 Å². The average molecular weight is 449 g/mol. The zero-order valence-electron chi connectivity index (χ0n) is 19.0. The topological polar surface area (TPSA) is 95.5 Å². The van der Waals surface area contributed by atoms with Crippen LogP contribution >= 0.6 is 0 Å². The van der Waals surface area contributed by atoms with E-state index in [4.69, 9.17) is 4.74 Å². The van der Waals surface area contributed by atoms with Crippen LogP contribution in [0.4, 0.5) is 0 Å². The number of para-hydroxylation sites is 1. The van der Waals surface area contributed by atoms with Gasteiger partial charge in [0.05, 0.1) is 23.1 Å². The molecule has 2 aromatic heterocycles. The van der Waals surface area contributed by atoms with Crippen molar-refractivity contribution in [2.24, 2.45) is 0 Å². The number of hydrogen-bond donors (Lipinski definition) is 1. The molecular weight excluding hydrogens is 420 g/mol. The number of pyridine rings is 2. The highest BCUT2D eigenvalue weighted by Gasteiger charge is 2.46. The van der Waals surface area contributed by atoms with Crippen molar-refractivity contribution in [3.63, 3.8) is 0 Å². The standard InChI is InChI=1S/C26H28N2O5/c1-3-5-6-7-10-16-17-11-8-9-12-21(17)28(32)23-18(16)14-27-22(23)13-20-19(24(27)29)15-33-25(30)26(20,31)4-2/h8-9,11-13,31H,3-7,10,14-15H2,1-2H3/t26-/m0/s1. The molecule has 4 heterocycles. The van der Waals surface area contributed by atoms with Gasteiger partial charge < -0.3 is 15.1 Å². The number of fused-ring (bicyclic) bond motifs is 5. The fourth-order valence-electron chi connectivity index (χ4n) is 5.31. The summed E-state index contributed by atoms with van der Waals surface area (Å²) in [4.78, 5) is 25.8. The summed E-state index contributed by atoms with van der Waals surface area (Å²) in [5.74, 6) is -0.759. The van der Waals surface area contributed by atoms with Crippen LogP contribution in [-0.2, 0) is 34.7 Å². The molecule has 0 bridgehead atoms. The summed E-state index contributed by atoms with van der Waals surface area (Å²) in [6.45, 7) is 3.97. The number of carbonyl (C=O) groups is 1. The van der Waals surface area contributed by atoms with Gasteiger partial charge >= 0.3 is 5.97 Å². The molecule has 2 aliphatic rings. The van der Waals surface area contributed by atoms with Gasteiger partial charge in [0.15, 0.2) is 5.60 Å². The molecular formula is C26H28N2O5. The van der Waals surface area contributed by atoms with E-state index in [0.717, 1.165) is 53.3 Å². The minimum Gasteiger partial charge on any atom is -0.618 e. The van der Waals surface area contributed by atoms with Crippen LogP contribution in [0.15, 0.2) is 35.1 Å². The summed E-state index contributed by atoms with van der Waals surface area (Å²) in [6, 6.07) is 9.19. The van der Waals surface area contributed by atoms with Crippen molar-refractivity contribution in [1.82, 2.24) is 4.57 Å². The van der Waals surface area contributed by atoms with E-state index in [-0.39, 0.29) is 29.7 Å². The number of esters is 1. The predicted molar refractivity (Wildman–Crippen MR) is 124 cm³/mol. The lowest BCUT2D eigenvalue weighted by Gasteiger charge is -2.31. The third-order valence-electron chi connectivity index (χ3n) is 7.18. The van der Waals surface area contributed by atoms with Crippen molar-refractivity contribution < 1.29 is 19.4 Å². The summed E-state index contributed by atoms with van der Waals surface area (Å²) in [6.07, 6.45) is 5.31. The van der Waals surface area contributed by atoms with Crippen molar-refractivity contribution in [3.8, 4) is 11.4 Å². The number of benzene rings is 1. The third kappa shape index (κ3) is 3.09. The van der Waals surface area contributed by atoms with Crippen LogP contribution in [-0.4, -0.2) is 15.6 Å². The normalized spacial score (nSPS) is 18.7. The number of hydrogen-bond acceptors (Lipinski definition) is 5. The summed E-state index contributed by atoms with van der Waals surface area (Å²) in [5, 5.41) is 25.5. The maximum Gasteiger partial charge on any atom is 0.343 e. The largest absolute Gasteiger partial charge is 0.618 e. The smallest absolute Gasteiger partial charge is 0.343 e. The van der Waals surface area contributed by atoms with Crippen molar-refractivity contribution in [2.45, 2.75) is 71.1 Å². The molecule has 0 amide bonds. The van der Waals surface area contributed by atoms with E-state index in [2.05, 4.69) is 6.92 Å². The van der Waals surface area contributed by atoms with Gasteiger partial charge in [0.2, 0.25) is 11.2 Å². The lowest BCUT2D eigenvalue weighted by Crippen LogP contribution is -2.44. The van der Waals surface area contributed by atoms with Crippen molar-refractivity contribution in [2.75, 3.05) is 0 Å². The fraction of sp³-hybridized carbons (Fsp3) is 0.423. The highest BCUT2D eigenvalue weighted by atomic mass is 16.6. The molecule has 0 radical (unpaired) electrons. The number of ether oxygens (including phenoxy) is 1. The van der Waals surface area contributed by atoms with Gasteiger partial charge in [-0.05, 0) is 37.0 Å². The summed E-state index contributed by atoms with van der Waals surface area (Å²) >= 11 is 0. The minimum absolute atomic E-state index is 0.0758.